The van der Waals surface area contributed by atoms with Gasteiger partial charge in [0.05, 0.1) is 0 Å². The summed E-state index contributed by atoms with van der Waals surface area (Å²) in [4.78, 5) is 32.1. The first-order valence-corrected chi connectivity index (χ1v) is 11.8. The van der Waals surface area contributed by atoms with Gasteiger partial charge in [0, 0.05) is 50.1 Å². The van der Waals surface area contributed by atoms with Crippen LogP contribution in [0.1, 0.15) is 61.0 Å². The molecule has 1 aromatic carbocycles. The van der Waals surface area contributed by atoms with Crippen molar-refractivity contribution in [2.75, 3.05) is 26.2 Å². The number of hydrogen-bond acceptors (Lipinski definition) is 4. The highest BCUT2D eigenvalue weighted by atomic mass is 16.5. The Kier molecular flexibility index (Phi) is 5.36. The third-order valence-electron chi connectivity index (χ3n) is 7.70. The van der Waals surface area contributed by atoms with Crippen LogP contribution in [0.2, 0.25) is 0 Å². The molecule has 6 heteroatoms. The van der Waals surface area contributed by atoms with Gasteiger partial charge < -0.3 is 14.6 Å². The van der Waals surface area contributed by atoms with Crippen LogP contribution >= 0.6 is 0 Å². The van der Waals surface area contributed by atoms with Gasteiger partial charge in [-0.15, -0.1) is 0 Å². The van der Waals surface area contributed by atoms with E-state index in [1.807, 2.05) is 4.90 Å². The van der Waals surface area contributed by atoms with E-state index in [2.05, 4.69) is 41.9 Å². The summed E-state index contributed by atoms with van der Waals surface area (Å²) in [6.45, 7) is 8.98. The number of benzene rings is 1. The van der Waals surface area contributed by atoms with Crippen molar-refractivity contribution in [3.63, 3.8) is 0 Å². The maximum Gasteiger partial charge on any atom is 0.259 e. The predicted octanol–water partition coefficient (Wildman–Crippen LogP) is 3.61. The Hall–Kier alpha value is -2.60. The molecule has 2 aromatic rings. The van der Waals surface area contributed by atoms with Crippen LogP contribution in [-0.4, -0.2) is 52.5 Å². The molecule has 0 atom stereocenters. The molecule has 4 heterocycles. The molecule has 0 unspecified atom stereocenters. The minimum absolute atomic E-state index is 0.111. The van der Waals surface area contributed by atoms with Crippen molar-refractivity contribution in [2.24, 2.45) is 5.41 Å². The van der Waals surface area contributed by atoms with Gasteiger partial charge in [0.25, 0.3) is 5.91 Å². The summed E-state index contributed by atoms with van der Waals surface area (Å²) in [6.07, 6.45) is 8.48. The second-order valence-electron chi connectivity index (χ2n) is 10.4. The normalized spacial score (nSPS) is 21.9. The summed E-state index contributed by atoms with van der Waals surface area (Å²) in [5.74, 6) is 0.914. The van der Waals surface area contributed by atoms with Gasteiger partial charge in [-0.05, 0) is 69.7 Å². The van der Waals surface area contributed by atoms with Crippen LogP contribution in [0.3, 0.4) is 0 Å². The molecule has 2 saturated heterocycles. The molecule has 0 bridgehead atoms. The Morgan fingerprint density at radius 1 is 1.06 bits per heavy atom. The van der Waals surface area contributed by atoms with E-state index in [1.54, 1.807) is 6.20 Å². The number of pyridine rings is 1. The maximum atomic E-state index is 12.8. The monoisotopic (exact) mass is 435 g/mol. The average molecular weight is 436 g/mol. The fraction of sp³-hybridized carbons (Fsp3) is 0.538. The highest BCUT2D eigenvalue weighted by molar-refractivity contribution is 5.93. The van der Waals surface area contributed by atoms with Gasteiger partial charge in [-0.25, -0.2) is 0 Å². The van der Waals surface area contributed by atoms with E-state index in [9.17, 15) is 9.59 Å². The van der Waals surface area contributed by atoms with Crippen LogP contribution in [0.4, 0.5) is 0 Å². The van der Waals surface area contributed by atoms with Gasteiger partial charge in [-0.2, -0.15) is 0 Å². The summed E-state index contributed by atoms with van der Waals surface area (Å²) < 4.78 is 6.11. The molecular formula is C26H33N3O3. The van der Waals surface area contributed by atoms with E-state index in [4.69, 9.17) is 4.74 Å². The molecule has 0 saturated carbocycles. The van der Waals surface area contributed by atoms with E-state index in [0.29, 0.717) is 5.41 Å². The lowest BCUT2D eigenvalue weighted by molar-refractivity contribution is 0.0284. The Bertz CT molecular complexity index is 1060. The summed E-state index contributed by atoms with van der Waals surface area (Å²) in [7, 11) is 0. The van der Waals surface area contributed by atoms with Crippen molar-refractivity contribution < 1.29 is 9.53 Å². The molecule has 0 radical (unpaired) electrons. The van der Waals surface area contributed by atoms with Gasteiger partial charge in [0.1, 0.15) is 16.9 Å². The van der Waals surface area contributed by atoms with Gasteiger partial charge in [0.2, 0.25) is 0 Å². The van der Waals surface area contributed by atoms with Crippen molar-refractivity contribution in [3.8, 4) is 5.75 Å². The van der Waals surface area contributed by atoms with E-state index in [0.717, 1.165) is 57.7 Å². The van der Waals surface area contributed by atoms with Crippen molar-refractivity contribution >= 4 is 5.91 Å². The Balaban J connectivity index is 1.17. The van der Waals surface area contributed by atoms with Gasteiger partial charge in [-0.1, -0.05) is 12.1 Å². The van der Waals surface area contributed by atoms with Crippen LogP contribution in [0, 0.1) is 5.41 Å². The van der Waals surface area contributed by atoms with Crippen LogP contribution in [0.5, 0.6) is 5.75 Å². The number of carbonyl (C=O) groups is 1. The number of nitrogens with zero attached hydrogens (tertiary/aromatic N) is 2. The van der Waals surface area contributed by atoms with Crippen LogP contribution in [0.25, 0.3) is 0 Å². The zero-order chi connectivity index (χ0) is 22.3. The van der Waals surface area contributed by atoms with Crippen LogP contribution in [0.15, 0.2) is 41.5 Å². The Labute approximate surface area is 189 Å². The molecule has 1 N–H and O–H groups in total. The number of likely N-dealkylation sites (tertiary alicyclic amines) is 2. The van der Waals surface area contributed by atoms with Crippen LogP contribution < -0.4 is 10.2 Å². The Morgan fingerprint density at radius 2 is 1.78 bits per heavy atom. The minimum atomic E-state index is -0.205. The number of aromatic amines is 1. The number of rotatable bonds is 3. The lowest BCUT2D eigenvalue weighted by Crippen LogP contribution is -2.48. The highest BCUT2D eigenvalue weighted by Crippen LogP contribution is 2.42. The average Bonchev–Trinajstić information content (AvgIpc) is 3.11. The lowest BCUT2D eigenvalue weighted by atomic mass is 9.71. The fourth-order valence-corrected chi connectivity index (χ4v) is 5.68. The SMILES string of the molecule is CC1(C)Cc2c(CN3CCC4(CC3)CCN(C(=O)c3c[nH]ccc3=O)CC4)cccc2O1. The molecule has 0 aliphatic carbocycles. The third-order valence-corrected chi connectivity index (χ3v) is 7.70. The third kappa shape index (κ3) is 4.08. The van der Waals surface area contributed by atoms with Crippen LogP contribution in [-0.2, 0) is 13.0 Å². The largest absolute Gasteiger partial charge is 0.487 e. The summed E-state index contributed by atoms with van der Waals surface area (Å²) in [6, 6.07) is 7.88. The molecular weight excluding hydrogens is 402 g/mol. The zero-order valence-electron chi connectivity index (χ0n) is 19.2. The smallest absolute Gasteiger partial charge is 0.259 e. The van der Waals surface area contributed by atoms with Gasteiger partial charge in [-0.3, -0.25) is 14.5 Å². The fourth-order valence-electron chi connectivity index (χ4n) is 5.68. The lowest BCUT2D eigenvalue weighted by Gasteiger charge is -2.47. The molecule has 1 amide bonds. The second kappa shape index (κ2) is 8.07. The molecule has 170 valence electrons. The standard InChI is InChI=1S/C26H33N3O3/c1-25(2)16-20-19(4-3-5-23(20)32-25)18-28-12-7-26(8-13-28)9-14-29(15-10-26)24(31)21-17-27-11-6-22(21)30/h3-6,11,17H,7-10,12-16,18H2,1-2H3,(H,27,30). The van der Waals surface area contributed by atoms with Crippen molar-refractivity contribution in [1.82, 2.24) is 14.8 Å². The maximum absolute atomic E-state index is 12.8. The molecule has 3 aliphatic heterocycles. The van der Waals surface area contributed by atoms with Crippen molar-refractivity contribution in [2.45, 2.75) is 58.1 Å². The number of nitrogens with one attached hydrogen (secondary N) is 1. The molecule has 2 fully saturated rings. The number of carbonyl (C=O) groups excluding carboxylic acids is 1. The molecule has 1 spiro atoms. The van der Waals surface area contributed by atoms with E-state index >= 15 is 0 Å². The zero-order valence-corrected chi connectivity index (χ0v) is 19.2. The van der Waals surface area contributed by atoms with Gasteiger partial charge >= 0.3 is 0 Å². The van der Waals surface area contributed by atoms with E-state index in [1.165, 1.54) is 36.2 Å². The van der Waals surface area contributed by atoms with Gasteiger partial charge in [0.15, 0.2) is 5.43 Å². The number of piperidine rings is 2. The number of hydrogen-bond donors (Lipinski definition) is 1. The first-order chi connectivity index (χ1) is 15.3. The number of amides is 1. The second-order valence-corrected chi connectivity index (χ2v) is 10.4. The van der Waals surface area contributed by atoms with E-state index in [-0.39, 0.29) is 22.5 Å². The Morgan fingerprint density at radius 3 is 2.50 bits per heavy atom. The number of H-pyrrole nitrogens is 1. The summed E-state index contributed by atoms with van der Waals surface area (Å²) >= 11 is 0. The summed E-state index contributed by atoms with van der Waals surface area (Å²) in [5, 5.41) is 0. The molecule has 1 aromatic heterocycles. The molecule has 32 heavy (non-hydrogen) atoms. The number of fused-ring (bicyclic) bond motifs is 1. The quantitative estimate of drug-likeness (QED) is 0.800. The first kappa shape index (κ1) is 21.3. The molecule has 6 nitrogen and oxygen atoms in total. The first-order valence-electron chi connectivity index (χ1n) is 11.8. The minimum Gasteiger partial charge on any atom is -0.487 e. The van der Waals surface area contributed by atoms with Crippen molar-refractivity contribution in [1.29, 1.82) is 0 Å². The predicted molar refractivity (Wildman–Crippen MR) is 124 cm³/mol. The van der Waals surface area contributed by atoms with Crippen molar-refractivity contribution in [3.05, 3.63) is 63.6 Å². The number of aromatic nitrogens is 1. The van der Waals surface area contributed by atoms with E-state index < -0.39 is 0 Å². The molecule has 5 rings (SSSR count). The summed E-state index contributed by atoms with van der Waals surface area (Å²) in [5.41, 5.74) is 3.04. The highest BCUT2D eigenvalue weighted by Gasteiger charge is 2.39. The number of ether oxygens (including phenoxy) is 1. The molecule has 3 aliphatic rings. The topological polar surface area (TPSA) is 65.6 Å².